The van der Waals surface area contributed by atoms with Gasteiger partial charge in [0.2, 0.25) is 0 Å². The number of pyridine rings is 1. The van der Waals surface area contributed by atoms with Crippen LogP contribution in [0.3, 0.4) is 0 Å². The van der Waals surface area contributed by atoms with Crippen molar-refractivity contribution in [1.29, 1.82) is 0 Å². The lowest BCUT2D eigenvalue weighted by Gasteiger charge is -2.40. The van der Waals surface area contributed by atoms with Crippen molar-refractivity contribution < 1.29 is 25.2 Å². The SMILES string of the molecule is Cc1cccc(-c2nnc(Cc3cc(C4OC(CO)C(O)C(O)C4O)ccc3Cl)s2)n1. The number of benzene rings is 1. The van der Waals surface area contributed by atoms with Gasteiger partial charge < -0.3 is 25.2 Å². The average Bonchev–Trinajstić information content (AvgIpc) is 3.23. The maximum atomic E-state index is 10.4. The zero-order valence-corrected chi connectivity index (χ0v) is 18.2. The molecule has 1 fully saturated rings. The Morgan fingerprint density at radius 2 is 1.87 bits per heavy atom. The number of halogens is 1. The topological polar surface area (TPSA) is 129 Å². The highest BCUT2D eigenvalue weighted by molar-refractivity contribution is 7.14. The molecular weight excluding hydrogens is 442 g/mol. The summed E-state index contributed by atoms with van der Waals surface area (Å²) >= 11 is 7.80. The first-order chi connectivity index (χ1) is 14.9. The van der Waals surface area contributed by atoms with E-state index >= 15 is 0 Å². The summed E-state index contributed by atoms with van der Waals surface area (Å²) in [6.45, 7) is 1.43. The number of nitrogens with zero attached hydrogens (tertiary/aromatic N) is 3. The Morgan fingerprint density at radius 3 is 2.61 bits per heavy atom. The van der Waals surface area contributed by atoms with E-state index in [1.165, 1.54) is 11.3 Å². The van der Waals surface area contributed by atoms with Gasteiger partial charge in [-0.2, -0.15) is 0 Å². The molecule has 4 N–H and O–H groups in total. The highest BCUT2D eigenvalue weighted by Gasteiger charge is 2.44. The summed E-state index contributed by atoms with van der Waals surface area (Å²) in [5, 5.41) is 50.3. The van der Waals surface area contributed by atoms with Gasteiger partial charge in [0.05, 0.1) is 6.61 Å². The van der Waals surface area contributed by atoms with Crippen LogP contribution in [0.15, 0.2) is 36.4 Å². The first-order valence-corrected chi connectivity index (χ1v) is 10.9. The van der Waals surface area contributed by atoms with Gasteiger partial charge in [-0.25, -0.2) is 0 Å². The van der Waals surface area contributed by atoms with Gasteiger partial charge in [0.15, 0.2) is 5.01 Å². The van der Waals surface area contributed by atoms with Crippen molar-refractivity contribution in [3.63, 3.8) is 0 Å². The van der Waals surface area contributed by atoms with Crippen LogP contribution in [0.4, 0.5) is 0 Å². The van der Waals surface area contributed by atoms with Crippen LogP contribution in [0.5, 0.6) is 0 Å². The summed E-state index contributed by atoms with van der Waals surface area (Å²) < 4.78 is 5.65. The molecule has 5 atom stereocenters. The molecule has 164 valence electrons. The fourth-order valence-electron chi connectivity index (χ4n) is 3.54. The molecule has 1 aromatic carbocycles. The highest BCUT2D eigenvalue weighted by Crippen LogP contribution is 2.35. The Hall–Kier alpha value is -1.98. The number of aliphatic hydroxyl groups is 4. The molecule has 0 saturated carbocycles. The third-order valence-corrected chi connectivity index (χ3v) is 6.52. The molecule has 5 unspecified atom stereocenters. The Bertz CT molecular complexity index is 1060. The third kappa shape index (κ3) is 4.63. The molecule has 1 saturated heterocycles. The van der Waals surface area contributed by atoms with E-state index in [1.54, 1.807) is 18.2 Å². The van der Waals surface area contributed by atoms with Crippen LogP contribution < -0.4 is 0 Å². The number of hydrogen-bond acceptors (Lipinski definition) is 9. The van der Waals surface area contributed by atoms with E-state index in [1.807, 2.05) is 25.1 Å². The van der Waals surface area contributed by atoms with E-state index in [-0.39, 0.29) is 0 Å². The summed E-state index contributed by atoms with van der Waals surface area (Å²) in [5.74, 6) is 0. The van der Waals surface area contributed by atoms with E-state index in [9.17, 15) is 20.4 Å². The van der Waals surface area contributed by atoms with Crippen molar-refractivity contribution in [3.05, 3.63) is 63.2 Å². The molecule has 31 heavy (non-hydrogen) atoms. The zero-order valence-electron chi connectivity index (χ0n) is 16.6. The minimum absolute atomic E-state index is 0.410. The van der Waals surface area contributed by atoms with Gasteiger partial charge >= 0.3 is 0 Å². The summed E-state index contributed by atoms with van der Waals surface area (Å²) in [4.78, 5) is 4.47. The Kier molecular flexibility index (Phi) is 6.63. The van der Waals surface area contributed by atoms with Crippen LogP contribution in [0, 0.1) is 6.92 Å². The average molecular weight is 464 g/mol. The van der Waals surface area contributed by atoms with Crippen LogP contribution >= 0.6 is 22.9 Å². The fraction of sp³-hybridized carbons (Fsp3) is 0.381. The molecule has 0 radical (unpaired) electrons. The Morgan fingerprint density at radius 1 is 1.06 bits per heavy atom. The smallest absolute Gasteiger partial charge is 0.166 e. The predicted molar refractivity (Wildman–Crippen MR) is 115 cm³/mol. The molecule has 10 heteroatoms. The van der Waals surface area contributed by atoms with Gasteiger partial charge in [-0.1, -0.05) is 41.1 Å². The fourth-order valence-corrected chi connectivity index (χ4v) is 4.55. The number of rotatable bonds is 5. The number of ether oxygens (including phenoxy) is 1. The number of hydrogen-bond donors (Lipinski definition) is 4. The van der Waals surface area contributed by atoms with Gasteiger partial charge in [-0.3, -0.25) is 4.98 Å². The normalized spacial score (nSPS) is 26.2. The van der Waals surface area contributed by atoms with Gasteiger partial charge in [0, 0.05) is 17.1 Å². The highest BCUT2D eigenvalue weighted by atomic mass is 35.5. The van der Waals surface area contributed by atoms with Gasteiger partial charge in [-0.15, -0.1) is 10.2 Å². The van der Waals surface area contributed by atoms with Crippen LogP contribution in [0.2, 0.25) is 5.02 Å². The second-order valence-electron chi connectivity index (χ2n) is 7.44. The molecule has 3 aromatic rings. The molecule has 0 aliphatic carbocycles. The van der Waals surface area contributed by atoms with Crippen molar-refractivity contribution in [1.82, 2.24) is 15.2 Å². The molecule has 1 aliphatic rings. The lowest BCUT2D eigenvalue weighted by atomic mass is 9.90. The summed E-state index contributed by atoms with van der Waals surface area (Å²) in [5.41, 5.74) is 2.96. The minimum Gasteiger partial charge on any atom is -0.394 e. The molecule has 0 bridgehead atoms. The number of aryl methyl sites for hydroxylation is 1. The van der Waals surface area contributed by atoms with Crippen molar-refractivity contribution in [3.8, 4) is 10.7 Å². The summed E-state index contributed by atoms with van der Waals surface area (Å²) in [6, 6.07) is 10.8. The Labute approximate surface area is 187 Å². The van der Waals surface area contributed by atoms with Crippen LogP contribution in [-0.4, -0.2) is 66.6 Å². The molecule has 8 nitrogen and oxygen atoms in total. The standard InChI is InChI=1S/C21H22ClN3O5S/c1-10-3-2-4-14(23-10)21-25-24-16(31-21)8-12-7-11(5-6-13(12)22)20-19(29)18(28)17(27)15(9-26)30-20/h2-7,15,17-20,26-29H,8-9H2,1H3. The minimum atomic E-state index is -1.44. The van der Waals surface area contributed by atoms with Gasteiger partial charge in [0.1, 0.15) is 41.2 Å². The molecule has 0 spiro atoms. The third-order valence-electron chi connectivity index (χ3n) is 5.21. The van der Waals surface area contributed by atoms with Crippen LogP contribution in [-0.2, 0) is 11.2 Å². The van der Waals surface area contributed by atoms with E-state index in [2.05, 4.69) is 15.2 Å². The lowest BCUT2D eigenvalue weighted by molar-refractivity contribution is -0.231. The van der Waals surface area contributed by atoms with Crippen LogP contribution in [0.1, 0.15) is 27.9 Å². The van der Waals surface area contributed by atoms with E-state index in [0.717, 1.165) is 22.0 Å². The van der Waals surface area contributed by atoms with Crippen molar-refractivity contribution in [2.24, 2.45) is 0 Å². The largest absolute Gasteiger partial charge is 0.394 e. The van der Waals surface area contributed by atoms with E-state index in [0.29, 0.717) is 22.0 Å². The zero-order chi connectivity index (χ0) is 22.1. The second kappa shape index (κ2) is 9.25. The van der Waals surface area contributed by atoms with Crippen molar-refractivity contribution in [2.75, 3.05) is 6.61 Å². The Balaban J connectivity index is 1.58. The summed E-state index contributed by atoms with van der Waals surface area (Å²) in [7, 11) is 0. The lowest BCUT2D eigenvalue weighted by Crippen LogP contribution is -2.55. The van der Waals surface area contributed by atoms with Crippen LogP contribution in [0.25, 0.3) is 10.7 Å². The van der Waals surface area contributed by atoms with E-state index in [4.69, 9.17) is 16.3 Å². The van der Waals surface area contributed by atoms with Gasteiger partial charge in [0.25, 0.3) is 0 Å². The van der Waals surface area contributed by atoms with Crippen molar-refractivity contribution in [2.45, 2.75) is 43.9 Å². The summed E-state index contributed by atoms with van der Waals surface area (Å²) in [6.07, 6.45) is -5.69. The first kappa shape index (κ1) is 22.2. The number of aliphatic hydroxyl groups excluding tert-OH is 4. The molecule has 0 amide bonds. The molecular formula is C21H22ClN3O5S. The van der Waals surface area contributed by atoms with Gasteiger partial charge in [-0.05, 0) is 36.2 Å². The molecule has 1 aliphatic heterocycles. The second-order valence-corrected chi connectivity index (χ2v) is 8.91. The molecule has 4 rings (SSSR count). The molecule has 2 aromatic heterocycles. The predicted octanol–water partition coefficient (Wildman–Crippen LogP) is 1.67. The van der Waals surface area contributed by atoms with E-state index < -0.39 is 37.1 Å². The van der Waals surface area contributed by atoms with Crippen molar-refractivity contribution >= 4 is 22.9 Å². The maximum Gasteiger partial charge on any atom is 0.166 e. The first-order valence-electron chi connectivity index (χ1n) is 9.72. The monoisotopic (exact) mass is 463 g/mol. The number of aromatic nitrogens is 3. The quantitative estimate of drug-likeness (QED) is 0.449. The molecule has 3 heterocycles. The maximum absolute atomic E-state index is 10.4.